The van der Waals surface area contributed by atoms with Crippen molar-refractivity contribution < 1.29 is 4.79 Å². The molecule has 0 saturated heterocycles. The van der Waals surface area contributed by atoms with Gasteiger partial charge in [0.2, 0.25) is 5.91 Å². The van der Waals surface area contributed by atoms with Gasteiger partial charge in [-0.2, -0.15) is 0 Å². The van der Waals surface area contributed by atoms with E-state index in [1.807, 2.05) is 60.9 Å². The molecule has 1 aromatic heterocycles. The second-order valence-corrected chi connectivity index (χ2v) is 6.47. The molecule has 6 heteroatoms. The molecule has 0 fully saturated rings. The Bertz CT molecular complexity index is 825. The lowest BCUT2D eigenvalue weighted by molar-refractivity contribution is -0.113. The smallest absolute Gasteiger partial charge is 0.234 e. The number of thioether (sulfide) groups is 1. The van der Waals surface area contributed by atoms with Crippen LogP contribution in [0.2, 0.25) is 0 Å². The molecule has 0 atom stereocenters. The number of carbonyl (C=O) groups is 1. The number of amides is 1. The summed E-state index contributed by atoms with van der Waals surface area (Å²) < 4.78 is 1.87. The molecule has 24 heavy (non-hydrogen) atoms. The fourth-order valence-electron chi connectivity index (χ4n) is 2.46. The Hall–Kier alpha value is -2.60. The number of anilines is 1. The van der Waals surface area contributed by atoms with Crippen LogP contribution in [0.5, 0.6) is 0 Å². The first-order valence-electron chi connectivity index (χ1n) is 7.58. The molecule has 0 saturated carbocycles. The molecule has 122 valence electrons. The summed E-state index contributed by atoms with van der Waals surface area (Å²) in [5, 5.41) is 11.7. The quantitative estimate of drug-likeness (QED) is 0.722. The summed E-state index contributed by atoms with van der Waals surface area (Å²) in [6.45, 7) is 4.03. The highest BCUT2D eigenvalue weighted by atomic mass is 32.2. The number of nitrogens with zero attached hydrogens (tertiary/aromatic N) is 3. The number of rotatable bonds is 5. The van der Waals surface area contributed by atoms with Gasteiger partial charge in [0.15, 0.2) is 5.16 Å². The van der Waals surface area contributed by atoms with Crippen LogP contribution in [0.4, 0.5) is 5.69 Å². The summed E-state index contributed by atoms with van der Waals surface area (Å²) in [4.78, 5) is 12.2. The standard InChI is InChI=1S/C18H18N4OS/c1-13-8-14(2)10-15(9-13)20-17(23)11-24-18-21-19-12-22(18)16-6-4-3-5-7-16/h3-10,12H,11H2,1-2H3,(H,20,23). The predicted octanol–water partition coefficient (Wildman–Crippen LogP) is 3.61. The molecule has 0 spiro atoms. The van der Waals surface area contributed by atoms with E-state index in [0.29, 0.717) is 5.16 Å². The molecule has 0 unspecified atom stereocenters. The highest BCUT2D eigenvalue weighted by Gasteiger charge is 2.10. The van der Waals surface area contributed by atoms with Crippen LogP contribution < -0.4 is 5.32 Å². The largest absolute Gasteiger partial charge is 0.325 e. The first kappa shape index (κ1) is 16.3. The molecule has 0 aliphatic heterocycles. The Balaban J connectivity index is 1.64. The lowest BCUT2D eigenvalue weighted by atomic mass is 10.1. The fraction of sp³-hybridized carbons (Fsp3) is 0.167. The number of para-hydroxylation sites is 1. The fourth-order valence-corrected chi connectivity index (χ4v) is 3.19. The molecular formula is C18H18N4OS. The number of hydrogen-bond donors (Lipinski definition) is 1. The van der Waals surface area contributed by atoms with Gasteiger partial charge in [-0.15, -0.1) is 10.2 Å². The average molecular weight is 338 g/mol. The van der Waals surface area contributed by atoms with Gasteiger partial charge in [0.05, 0.1) is 5.75 Å². The predicted molar refractivity (Wildman–Crippen MR) is 96.6 cm³/mol. The second-order valence-electron chi connectivity index (χ2n) is 5.53. The van der Waals surface area contributed by atoms with Crippen LogP contribution in [0.3, 0.4) is 0 Å². The molecule has 5 nitrogen and oxygen atoms in total. The van der Waals surface area contributed by atoms with Crippen molar-refractivity contribution in [2.45, 2.75) is 19.0 Å². The van der Waals surface area contributed by atoms with Gasteiger partial charge in [-0.25, -0.2) is 0 Å². The van der Waals surface area contributed by atoms with Gasteiger partial charge < -0.3 is 5.32 Å². The summed E-state index contributed by atoms with van der Waals surface area (Å²) in [7, 11) is 0. The number of hydrogen-bond acceptors (Lipinski definition) is 4. The van der Waals surface area contributed by atoms with Crippen molar-refractivity contribution in [3.8, 4) is 5.69 Å². The first-order chi connectivity index (χ1) is 11.6. The third kappa shape index (κ3) is 4.02. The minimum atomic E-state index is -0.0624. The van der Waals surface area contributed by atoms with E-state index in [1.165, 1.54) is 11.8 Å². The zero-order valence-electron chi connectivity index (χ0n) is 13.6. The third-order valence-electron chi connectivity index (χ3n) is 3.39. The monoisotopic (exact) mass is 338 g/mol. The maximum absolute atomic E-state index is 12.2. The molecule has 0 aliphatic rings. The molecule has 1 N–H and O–H groups in total. The van der Waals surface area contributed by atoms with E-state index in [1.54, 1.807) is 6.33 Å². The topological polar surface area (TPSA) is 59.8 Å². The minimum Gasteiger partial charge on any atom is -0.325 e. The van der Waals surface area contributed by atoms with Crippen LogP contribution in [0.1, 0.15) is 11.1 Å². The Kier molecular flexibility index (Phi) is 4.96. The lowest BCUT2D eigenvalue weighted by Crippen LogP contribution is -2.14. The number of nitrogens with one attached hydrogen (secondary N) is 1. The number of aryl methyl sites for hydroxylation is 2. The van der Waals surface area contributed by atoms with Crippen molar-refractivity contribution in [3.63, 3.8) is 0 Å². The van der Waals surface area contributed by atoms with E-state index in [2.05, 4.69) is 21.6 Å². The molecule has 1 heterocycles. The van der Waals surface area contributed by atoms with Crippen LogP contribution >= 0.6 is 11.8 Å². The molecular weight excluding hydrogens is 320 g/mol. The van der Waals surface area contributed by atoms with Crippen LogP contribution in [0.25, 0.3) is 5.69 Å². The van der Waals surface area contributed by atoms with Crippen LogP contribution in [0, 0.1) is 13.8 Å². The highest BCUT2D eigenvalue weighted by Crippen LogP contribution is 2.20. The van der Waals surface area contributed by atoms with Crippen LogP contribution in [-0.2, 0) is 4.79 Å². The number of aromatic nitrogens is 3. The molecule has 2 aromatic carbocycles. The Morgan fingerprint density at radius 3 is 2.54 bits per heavy atom. The van der Waals surface area contributed by atoms with Crippen LogP contribution in [-0.4, -0.2) is 26.4 Å². The summed E-state index contributed by atoms with van der Waals surface area (Å²) in [5.74, 6) is 0.214. The molecule has 0 aliphatic carbocycles. The van der Waals surface area contributed by atoms with Crippen molar-refractivity contribution in [1.82, 2.24) is 14.8 Å². The van der Waals surface area contributed by atoms with E-state index in [4.69, 9.17) is 0 Å². The first-order valence-corrected chi connectivity index (χ1v) is 8.57. The van der Waals surface area contributed by atoms with Crippen molar-refractivity contribution in [3.05, 3.63) is 66.0 Å². The average Bonchev–Trinajstić information content (AvgIpc) is 3.01. The summed E-state index contributed by atoms with van der Waals surface area (Å²) in [6, 6.07) is 15.8. The van der Waals surface area contributed by atoms with Gasteiger partial charge in [0, 0.05) is 11.4 Å². The Morgan fingerprint density at radius 1 is 1.12 bits per heavy atom. The molecule has 0 bridgehead atoms. The van der Waals surface area contributed by atoms with Gasteiger partial charge in [0.1, 0.15) is 6.33 Å². The Morgan fingerprint density at radius 2 is 1.83 bits per heavy atom. The van der Waals surface area contributed by atoms with Gasteiger partial charge >= 0.3 is 0 Å². The van der Waals surface area contributed by atoms with Gasteiger partial charge in [-0.05, 0) is 49.2 Å². The van der Waals surface area contributed by atoms with Crippen molar-refractivity contribution in [2.75, 3.05) is 11.1 Å². The SMILES string of the molecule is Cc1cc(C)cc(NC(=O)CSc2nncn2-c2ccccc2)c1. The van der Waals surface area contributed by atoms with E-state index in [9.17, 15) is 4.79 Å². The molecule has 0 radical (unpaired) electrons. The summed E-state index contributed by atoms with van der Waals surface area (Å²) >= 11 is 1.36. The van der Waals surface area contributed by atoms with E-state index < -0.39 is 0 Å². The lowest BCUT2D eigenvalue weighted by Gasteiger charge is -2.08. The molecule has 1 amide bonds. The highest BCUT2D eigenvalue weighted by molar-refractivity contribution is 7.99. The maximum Gasteiger partial charge on any atom is 0.234 e. The van der Waals surface area contributed by atoms with Gasteiger partial charge in [-0.3, -0.25) is 9.36 Å². The molecule has 3 aromatic rings. The summed E-state index contributed by atoms with van der Waals surface area (Å²) in [6.07, 6.45) is 1.65. The van der Waals surface area contributed by atoms with Gasteiger partial charge in [0.25, 0.3) is 0 Å². The van der Waals surface area contributed by atoms with E-state index in [-0.39, 0.29) is 11.7 Å². The number of carbonyl (C=O) groups excluding carboxylic acids is 1. The zero-order valence-corrected chi connectivity index (χ0v) is 14.4. The second kappa shape index (κ2) is 7.31. The third-order valence-corrected chi connectivity index (χ3v) is 4.33. The van der Waals surface area contributed by atoms with Crippen molar-refractivity contribution in [1.29, 1.82) is 0 Å². The molecule has 3 rings (SSSR count). The van der Waals surface area contributed by atoms with Crippen LogP contribution in [0.15, 0.2) is 60.0 Å². The minimum absolute atomic E-state index is 0.0624. The zero-order chi connectivity index (χ0) is 16.9. The summed E-state index contributed by atoms with van der Waals surface area (Å²) in [5.41, 5.74) is 4.05. The van der Waals surface area contributed by atoms with E-state index >= 15 is 0 Å². The van der Waals surface area contributed by atoms with E-state index in [0.717, 1.165) is 22.5 Å². The van der Waals surface area contributed by atoms with Crippen molar-refractivity contribution in [2.24, 2.45) is 0 Å². The normalized spacial score (nSPS) is 10.6. The number of benzene rings is 2. The van der Waals surface area contributed by atoms with Gasteiger partial charge in [-0.1, -0.05) is 36.0 Å². The maximum atomic E-state index is 12.2. The Labute approximate surface area is 145 Å². The van der Waals surface area contributed by atoms with Crippen molar-refractivity contribution >= 4 is 23.4 Å².